The van der Waals surface area contributed by atoms with E-state index in [1.165, 1.54) is 0 Å². The summed E-state index contributed by atoms with van der Waals surface area (Å²) < 4.78 is 0. The molecule has 2 rings (SSSR count). The molecule has 1 heterocycles. The van der Waals surface area contributed by atoms with Gasteiger partial charge in [-0.15, -0.1) is 0 Å². The maximum Gasteiger partial charge on any atom is 0.239 e. The number of anilines is 2. The minimum absolute atomic E-state index is 0.0293. The lowest BCUT2D eigenvalue weighted by atomic mass is 10.1. The van der Waals surface area contributed by atoms with Crippen LogP contribution in [0.15, 0.2) is 36.4 Å². The van der Waals surface area contributed by atoms with E-state index in [2.05, 4.69) is 20.7 Å². The molecule has 19 heavy (non-hydrogen) atoms. The summed E-state index contributed by atoms with van der Waals surface area (Å²) in [5.41, 5.74) is 4.19. The molecule has 0 saturated carbocycles. The molecule has 0 spiro atoms. The van der Waals surface area contributed by atoms with Crippen LogP contribution in [0.2, 0.25) is 0 Å². The average molecular weight is 259 g/mol. The Hall–Kier alpha value is -2.18. The van der Waals surface area contributed by atoms with Crippen molar-refractivity contribution in [2.75, 3.05) is 17.3 Å². The number of aliphatic hydroxyl groups excluding tert-OH is 1. The quantitative estimate of drug-likeness (QED) is 0.476. The van der Waals surface area contributed by atoms with Gasteiger partial charge >= 0.3 is 0 Å². The van der Waals surface area contributed by atoms with Gasteiger partial charge in [-0.2, -0.15) is 4.98 Å². The van der Waals surface area contributed by atoms with Crippen LogP contribution in [0.5, 0.6) is 0 Å². The number of hydrogen-bond acceptors (Lipinski definition) is 6. The highest BCUT2D eigenvalue weighted by Gasteiger charge is 2.11. The number of nitrogens with zero attached hydrogens (tertiary/aromatic N) is 2. The minimum atomic E-state index is -0.221. The molecule has 0 aliphatic heterocycles. The molecule has 100 valence electrons. The van der Waals surface area contributed by atoms with Gasteiger partial charge in [0.05, 0.1) is 12.6 Å². The third kappa shape index (κ3) is 3.40. The zero-order valence-electron chi connectivity index (χ0n) is 10.7. The molecular formula is C13H17N5O. The lowest BCUT2D eigenvalue weighted by molar-refractivity contribution is 0.276. The Morgan fingerprint density at radius 3 is 2.63 bits per heavy atom. The second-order valence-electron chi connectivity index (χ2n) is 4.15. The van der Waals surface area contributed by atoms with E-state index in [1.54, 1.807) is 6.07 Å². The Labute approximate surface area is 111 Å². The van der Waals surface area contributed by atoms with Gasteiger partial charge in [0, 0.05) is 11.8 Å². The lowest BCUT2D eigenvalue weighted by Crippen LogP contribution is -2.17. The Balaban J connectivity index is 2.21. The van der Waals surface area contributed by atoms with E-state index < -0.39 is 0 Å². The molecule has 0 radical (unpaired) electrons. The number of aryl methyl sites for hydroxylation is 1. The van der Waals surface area contributed by atoms with Crippen LogP contribution in [0.1, 0.15) is 17.3 Å². The van der Waals surface area contributed by atoms with E-state index in [0.717, 1.165) is 11.3 Å². The van der Waals surface area contributed by atoms with Crippen molar-refractivity contribution in [3.63, 3.8) is 0 Å². The number of hydrazine groups is 1. The van der Waals surface area contributed by atoms with Crippen molar-refractivity contribution in [3.05, 3.63) is 47.7 Å². The first kappa shape index (κ1) is 13.3. The van der Waals surface area contributed by atoms with Crippen molar-refractivity contribution in [3.8, 4) is 0 Å². The van der Waals surface area contributed by atoms with Crippen molar-refractivity contribution in [2.24, 2.45) is 5.84 Å². The van der Waals surface area contributed by atoms with Gasteiger partial charge < -0.3 is 10.4 Å². The van der Waals surface area contributed by atoms with Crippen LogP contribution in [0.4, 0.5) is 11.8 Å². The monoisotopic (exact) mass is 259 g/mol. The van der Waals surface area contributed by atoms with Crippen LogP contribution in [0, 0.1) is 6.92 Å². The highest BCUT2D eigenvalue weighted by Crippen LogP contribution is 2.18. The summed E-state index contributed by atoms with van der Waals surface area (Å²) in [6, 6.07) is 11.3. The van der Waals surface area contributed by atoms with Crippen molar-refractivity contribution < 1.29 is 5.11 Å². The molecule has 1 aromatic carbocycles. The van der Waals surface area contributed by atoms with Gasteiger partial charge in [-0.25, -0.2) is 10.8 Å². The van der Waals surface area contributed by atoms with Gasteiger partial charge in [0.25, 0.3) is 0 Å². The first-order chi connectivity index (χ1) is 9.22. The molecule has 0 aliphatic rings. The minimum Gasteiger partial charge on any atom is -0.394 e. The number of nitrogens with two attached hydrogens (primary N) is 1. The third-order valence-corrected chi connectivity index (χ3v) is 2.69. The summed E-state index contributed by atoms with van der Waals surface area (Å²) in [5.74, 6) is 6.26. The smallest absolute Gasteiger partial charge is 0.239 e. The first-order valence-electron chi connectivity index (χ1n) is 5.97. The second-order valence-corrected chi connectivity index (χ2v) is 4.15. The maximum absolute atomic E-state index is 9.49. The summed E-state index contributed by atoms with van der Waals surface area (Å²) in [7, 11) is 0. The van der Waals surface area contributed by atoms with Crippen LogP contribution in [0.25, 0.3) is 0 Å². The topological polar surface area (TPSA) is 96.1 Å². The van der Waals surface area contributed by atoms with Crippen molar-refractivity contribution in [2.45, 2.75) is 13.0 Å². The molecule has 1 unspecified atom stereocenters. The van der Waals surface area contributed by atoms with Gasteiger partial charge in [-0.1, -0.05) is 30.3 Å². The van der Waals surface area contributed by atoms with Crippen LogP contribution < -0.4 is 16.6 Å². The Morgan fingerprint density at radius 2 is 2.00 bits per heavy atom. The Bertz CT molecular complexity index is 532. The number of benzene rings is 1. The van der Waals surface area contributed by atoms with E-state index in [0.29, 0.717) is 11.8 Å². The molecule has 1 atom stereocenters. The zero-order valence-corrected chi connectivity index (χ0v) is 10.7. The van der Waals surface area contributed by atoms with Crippen molar-refractivity contribution >= 4 is 11.8 Å². The number of aromatic nitrogens is 2. The van der Waals surface area contributed by atoms with Gasteiger partial charge in [-0.05, 0) is 12.5 Å². The predicted molar refractivity (Wildman–Crippen MR) is 74.5 cm³/mol. The number of rotatable bonds is 5. The summed E-state index contributed by atoms with van der Waals surface area (Å²) in [4.78, 5) is 8.30. The average Bonchev–Trinajstić information content (AvgIpc) is 2.45. The summed E-state index contributed by atoms with van der Waals surface area (Å²) in [5, 5.41) is 12.7. The van der Waals surface area contributed by atoms with Crippen LogP contribution in [-0.4, -0.2) is 21.7 Å². The van der Waals surface area contributed by atoms with Gasteiger partial charge in [-0.3, -0.25) is 5.43 Å². The van der Waals surface area contributed by atoms with E-state index in [4.69, 9.17) is 5.84 Å². The summed E-state index contributed by atoms with van der Waals surface area (Å²) in [6.07, 6.45) is 0. The van der Waals surface area contributed by atoms with Gasteiger partial charge in [0.15, 0.2) is 0 Å². The molecule has 6 heteroatoms. The van der Waals surface area contributed by atoms with E-state index in [-0.39, 0.29) is 12.6 Å². The van der Waals surface area contributed by atoms with Gasteiger partial charge in [0.2, 0.25) is 5.95 Å². The van der Waals surface area contributed by atoms with Gasteiger partial charge in [0.1, 0.15) is 5.82 Å². The number of nitrogens with one attached hydrogen (secondary N) is 2. The van der Waals surface area contributed by atoms with E-state index in [9.17, 15) is 5.11 Å². The molecule has 0 fully saturated rings. The van der Waals surface area contributed by atoms with Crippen LogP contribution in [-0.2, 0) is 0 Å². The molecular weight excluding hydrogens is 242 g/mol. The molecule has 2 aromatic rings. The Morgan fingerprint density at radius 1 is 1.26 bits per heavy atom. The fourth-order valence-corrected chi connectivity index (χ4v) is 1.81. The normalized spacial score (nSPS) is 11.9. The lowest BCUT2D eigenvalue weighted by Gasteiger charge is -2.17. The first-order valence-corrected chi connectivity index (χ1v) is 5.97. The van der Waals surface area contributed by atoms with E-state index in [1.807, 2.05) is 37.3 Å². The molecule has 1 aromatic heterocycles. The highest BCUT2D eigenvalue weighted by molar-refractivity contribution is 5.44. The van der Waals surface area contributed by atoms with Crippen LogP contribution >= 0.6 is 0 Å². The number of aliphatic hydroxyl groups is 1. The molecule has 0 saturated heterocycles. The fourth-order valence-electron chi connectivity index (χ4n) is 1.81. The molecule has 0 amide bonds. The fraction of sp³-hybridized carbons (Fsp3) is 0.231. The van der Waals surface area contributed by atoms with Crippen molar-refractivity contribution in [1.29, 1.82) is 0 Å². The molecule has 0 aliphatic carbocycles. The van der Waals surface area contributed by atoms with E-state index >= 15 is 0 Å². The highest BCUT2D eigenvalue weighted by atomic mass is 16.3. The third-order valence-electron chi connectivity index (χ3n) is 2.69. The largest absolute Gasteiger partial charge is 0.394 e. The zero-order chi connectivity index (χ0) is 13.7. The molecule has 5 N–H and O–H groups in total. The van der Waals surface area contributed by atoms with Crippen LogP contribution in [0.3, 0.4) is 0 Å². The number of hydrogen-bond donors (Lipinski definition) is 4. The van der Waals surface area contributed by atoms with Crippen molar-refractivity contribution in [1.82, 2.24) is 9.97 Å². The number of nitrogen functional groups attached to an aromatic ring is 1. The summed E-state index contributed by atoms with van der Waals surface area (Å²) >= 11 is 0. The predicted octanol–water partition coefficient (Wildman–Crippen LogP) is 1.22. The second kappa shape index (κ2) is 6.12. The molecule has 0 bridgehead atoms. The SMILES string of the molecule is Cc1cc(NC(CO)c2ccccc2)nc(NN)n1. The Kier molecular flexibility index (Phi) is 4.27. The maximum atomic E-state index is 9.49. The summed E-state index contributed by atoms with van der Waals surface area (Å²) in [6.45, 7) is 1.82. The standard InChI is InChI=1S/C13H17N5O/c1-9-7-12(17-13(15-9)18-14)16-11(8-19)10-5-3-2-4-6-10/h2-7,11,19H,8,14H2,1H3,(H2,15,16,17,18). The molecule has 6 nitrogen and oxygen atoms in total.